The van der Waals surface area contributed by atoms with Crippen LogP contribution in [-0.2, 0) is 4.79 Å². The van der Waals surface area contributed by atoms with Crippen LogP contribution in [0.2, 0.25) is 0 Å². The highest BCUT2D eigenvalue weighted by atomic mass is 16.5. The van der Waals surface area contributed by atoms with Crippen LogP contribution in [0, 0.1) is 5.92 Å². The number of carbonyl (C=O) groups is 1. The molecule has 0 bridgehead atoms. The minimum Gasteiger partial charge on any atom is -0.497 e. The van der Waals surface area contributed by atoms with Crippen molar-refractivity contribution in [2.45, 2.75) is 45.8 Å². The molecule has 0 radical (unpaired) electrons. The molecule has 1 N–H and O–H groups in total. The van der Waals surface area contributed by atoms with Gasteiger partial charge in [-0.25, -0.2) is 0 Å². The van der Waals surface area contributed by atoms with E-state index < -0.39 is 6.10 Å². The first-order valence-corrected chi connectivity index (χ1v) is 10.6. The largest absolute Gasteiger partial charge is 0.497 e. The zero-order valence-electron chi connectivity index (χ0n) is 18.2. The highest BCUT2D eigenvalue weighted by Crippen LogP contribution is 2.25. The zero-order valence-corrected chi connectivity index (χ0v) is 18.2. The van der Waals surface area contributed by atoms with Gasteiger partial charge in [-0.1, -0.05) is 63.2 Å². The summed E-state index contributed by atoms with van der Waals surface area (Å²) in [6.45, 7) is 6.28. The van der Waals surface area contributed by atoms with Gasteiger partial charge in [-0.15, -0.1) is 0 Å². The number of rotatable bonds is 9. The molecule has 1 amide bonds. The lowest BCUT2D eigenvalue weighted by atomic mass is 9.96. The van der Waals surface area contributed by atoms with Crippen LogP contribution in [0.3, 0.4) is 0 Å². The van der Waals surface area contributed by atoms with Gasteiger partial charge in [0.05, 0.1) is 13.2 Å². The Labute approximate surface area is 179 Å². The number of nitrogens with one attached hydrogen (secondary N) is 1. The third-order valence-electron chi connectivity index (χ3n) is 5.20. The number of carbonyl (C=O) groups excluding carboxylic acids is 1. The SMILES string of the molecule is CCC(Oc1ccc2ccccc2c1)C(=O)NC(CC(C)C)c1ccc(OC)cc1. The molecule has 3 aromatic carbocycles. The lowest BCUT2D eigenvalue weighted by molar-refractivity contribution is -0.129. The molecule has 4 nitrogen and oxygen atoms in total. The Hall–Kier alpha value is -3.01. The Morgan fingerprint density at radius 1 is 0.933 bits per heavy atom. The molecule has 0 aliphatic heterocycles. The first kappa shape index (κ1) is 21.7. The molecule has 0 aliphatic rings. The fraction of sp³-hybridized carbons (Fsp3) is 0.346. The highest BCUT2D eigenvalue weighted by molar-refractivity contribution is 5.84. The standard InChI is InChI=1S/C26H31NO3/c1-5-25(30-23-15-10-19-8-6-7-9-21(19)17-23)26(28)27-24(16-18(2)3)20-11-13-22(29-4)14-12-20/h6-15,17-18,24-25H,5,16H2,1-4H3,(H,27,28). The summed E-state index contributed by atoms with van der Waals surface area (Å²) in [5.74, 6) is 1.87. The summed E-state index contributed by atoms with van der Waals surface area (Å²) < 4.78 is 11.3. The van der Waals surface area contributed by atoms with Crippen molar-refractivity contribution < 1.29 is 14.3 Å². The number of amides is 1. The van der Waals surface area contributed by atoms with Crippen LogP contribution in [-0.4, -0.2) is 19.1 Å². The lowest BCUT2D eigenvalue weighted by Crippen LogP contribution is -2.40. The van der Waals surface area contributed by atoms with Crippen molar-refractivity contribution in [3.8, 4) is 11.5 Å². The molecule has 0 aliphatic carbocycles. The van der Waals surface area contributed by atoms with Crippen molar-refractivity contribution in [2.24, 2.45) is 5.92 Å². The predicted octanol–water partition coefficient (Wildman–Crippen LogP) is 5.91. The molecule has 158 valence electrons. The molecule has 0 heterocycles. The molecule has 3 aromatic rings. The van der Waals surface area contributed by atoms with Crippen molar-refractivity contribution in [2.75, 3.05) is 7.11 Å². The maximum atomic E-state index is 13.1. The molecule has 2 unspecified atom stereocenters. The minimum atomic E-state index is -0.543. The van der Waals surface area contributed by atoms with E-state index in [0.717, 1.165) is 28.5 Å². The quantitative estimate of drug-likeness (QED) is 0.481. The van der Waals surface area contributed by atoms with E-state index in [1.807, 2.05) is 67.6 Å². The van der Waals surface area contributed by atoms with Gasteiger partial charge in [0.2, 0.25) is 0 Å². The van der Waals surface area contributed by atoms with E-state index in [1.165, 1.54) is 0 Å². The first-order chi connectivity index (χ1) is 14.5. The molecule has 4 heteroatoms. The van der Waals surface area contributed by atoms with Gasteiger partial charge in [0.15, 0.2) is 6.10 Å². The monoisotopic (exact) mass is 405 g/mol. The number of hydrogen-bond donors (Lipinski definition) is 1. The van der Waals surface area contributed by atoms with E-state index in [4.69, 9.17) is 9.47 Å². The Kier molecular flexibility index (Phi) is 7.34. The Bertz CT molecular complexity index is 965. The normalized spacial score (nSPS) is 13.1. The maximum Gasteiger partial charge on any atom is 0.261 e. The molecule has 0 fully saturated rings. The second-order valence-electron chi connectivity index (χ2n) is 7.99. The number of methoxy groups -OCH3 is 1. The van der Waals surface area contributed by atoms with Crippen molar-refractivity contribution in [3.05, 3.63) is 72.3 Å². The van der Waals surface area contributed by atoms with Crippen LogP contribution in [0.5, 0.6) is 11.5 Å². The topological polar surface area (TPSA) is 47.6 Å². The third-order valence-corrected chi connectivity index (χ3v) is 5.20. The minimum absolute atomic E-state index is 0.0716. The second kappa shape index (κ2) is 10.1. The van der Waals surface area contributed by atoms with E-state index >= 15 is 0 Å². The maximum absolute atomic E-state index is 13.1. The molecular weight excluding hydrogens is 374 g/mol. The second-order valence-corrected chi connectivity index (χ2v) is 7.99. The molecular formula is C26H31NO3. The van der Waals surface area contributed by atoms with E-state index in [1.54, 1.807) is 7.11 Å². The van der Waals surface area contributed by atoms with Crippen molar-refractivity contribution in [1.82, 2.24) is 5.32 Å². The molecule has 3 rings (SSSR count). The van der Waals surface area contributed by atoms with Gasteiger partial charge in [-0.05, 0) is 59.4 Å². The number of fused-ring (bicyclic) bond motifs is 1. The third kappa shape index (κ3) is 5.53. The Morgan fingerprint density at radius 2 is 1.60 bits per heavy atom. The van der Waals surface area contributed by atoms with Crippen molar-refractivity contribution >= 4 is 16.7 Å². The summed E-state index contributed by atoms with van der Waals surface area (Å²) in [6.07, 6.45) is 0.902. The summed E-state index contributed by atoms with van der Waals surface area (Å²) in [7, 11) is 1.65. The average molecular weight is 406 g/mol. The van der Waals surface area contributed by atoms with Gasteiger partial charge in [0.1, 0.15) is 11.5 Å². The fourth-order valence-electron chi connectivity index (χ4n) is 3.58. The van der Waals surface area contributed by atoms with E-state index in [2.05, 4.69) is 25.2 Å². The Balaban J connectivity index is 1.74. The first-order valence-electron chi connectivity index (χ1n) is 10.6. The van der Waals surface area contributed by atoms with E-state index in [9.17, 15) is 4.79 Å². The van der Waals surface area contributed by atoms with E-state index in [-0.39, 0.29) is 11.9 Å². The van der Waals surface area contributed by atoms with Crippen LogP contribution in [0.25, 0.3) is 10.8 Å². The lowest BCUT2D eigenvalue weighted by Gasteiger charge is -2.25. The summed E-state index contributed by atoms with van der Waals surface area (Å²) in [5, 5.41) is 5.46. The molecule has 2 atom stereocenters. The molecule has 0 aromatic heterocycles. The molecule has 0 saturated carbocycles. The Morgan fingerprint density at radius 3 is 2.23 bits per heavy atom. The summed E-state index contributed by atoms with van der Waals surface area (Å²) in [5.41, 5.74) is 1.07. The van der Waals surface area contributed by atoms with Gasteiger partial charge < -0.3 is 14.8 Å². The number of hydrogen-bond acceptors (Lipinski definition) is 3. The number of benzene rings is 3. The summed E-state index contributed by atoms with van der Waals surface area (Å²) in [4.78, 5) is 13.1. The molecule has 0 saturated heterocycles. The van der Waals surface area contributed by atoms with Gasteiger partial charge in [0, 0.05) is 0 Å². The van der Waals surface area contributed by atoms with Gasteiger partial charge in [-0.2, -0.15) is 0 Å². The summed E-state index contributed by atoms with van der Waals surface area (Å²) in [6, 6.07) is 21.9. The van der Waals surface area contributed by atoms with Crippen LogP contribution in [0.15, 0.2) is 66.7 Å². The van der Waals surface area contributed by atoms with Crippen molar-refractivity contribution in [3.63, 3.8) is 0 Å². The van der Waals surface area contributed by atoms with Gasteiger partial charge in [-0.3, -0.25) is 4.79 Å². The number of ether oxygens (including phenoxy) is 2. The van der Waals surface area contributed by atoms with Crippen LogP contribution < -0.4 is 14.8 Å². The van der Waals surface area contributed by atoms with Gasteiger partial charge in [0.25, 0.3) is 5.91 Å². The average Bonchev–Trinajstić information content (AvgIpc) is 2.76. The van der Waals surface area contributed by atoms with Crippen molar-refractivity contribution in [1.29, 1.82) is 0 Å². The van der Waals surface area contributed by atoms with Crippen LogP contribution in [0.4, 0.5) is 0 Å². The highest BCUT2D eigenvalue weighted by Gasteiger charge is 2.23. The molecule has 0 spiro atoms. The van der Waals surface area contributed by atoms with E-state index in [0.29, 0.717) is 18.1 Å². The summed E-state index contributed by atoms with van der Waals surface area (Å²) >= 11 is 0. The van der Waals surface area contributed by atoms with Crippen LogP contribution in [0.1, 0.15) is 45.2 Å². The smallest absolute Gasteiger partial charge is 0.261 e. The molecule has 30 heavy (non-hydrogen) atoms. The van der Waals surface area contributed by atoms with Gasteiger partial charge >= 0.3 is 0 Å². The van der Waals surface area contributed by atoms with Crippen LogP contribution >= 0.6 is 0 Å². The fourth-order valence-corrected chi connectivity index (χ4v) is 3.58. The predicted molar refractivity (Wildman–Crippen MR) is 122 cm³/mol. The zero-order chi connectivity index (χ0) is 21.5.